The number of nitrogens with zero attached hydrogens (tertiary/aromatic N) is 1. The fourth-order valence-corrected chi connectivity index (χ4v) is 2.29. The largest absolute Gasteiger partial charge is 0.469 e. The van der Waals surface area contributed by atoms with Gasteiger partial charge < -0.3 is 18.8 Å². The van der Waals surface area contributed by atoms with Crippen molar-refractivity contribution in [1.82, 2.24) is 4.90 Å². The van der Waals surface area contributed by atoms with Crippen LogP contribution in [0.3, 0.4) is 0 Å². The predicted octanol–water partition coefficient (Wildman–Crippen LogP) is 0.875. The lowest BCUT2D eigenvalue weighted by Gasteiger charge is -2.26. The molecule has 0 radical (unpaired) electrons. The number of rotatable bonds is 5. The molecule has 0 bridgehead atoms. The van der Waals surface area contributed by atoms with E-state index in [0.717, 1.165) is 5.76 Å². The molecule has 2 atom stereocenters. The van der Waals surface area contributed by atoms with E-state index in [1.54, 1.807) is 18.4 Å². The number of esters is 2. The molecule has 1 saturated heterocycles. The predicted molar refractivity (Wildman–Crippen MR) is 69.9 cm³/mol. The molecule has 1 aliphatic rings. The summed E-state index contributed by atoms with van der Waals surface area (Å²) in [5, 5.41) is 0. The number of likely N-dealkylation sites (tertiary alicyclic amines) is 1. The zero-order valence-electron chi connectivity index (χ0n) is 11.9. The molecule has 0 aromatic carbocycles. The zero-order valence-corrected chi connectivity index (χ0v) is 11.9. The smallest absolute Gasteiger partial charge is 0.304 e. The average Bonchev–Trinajstić information content (AvgIpc) is 2.96. The summed E-state index contributed by atoms with van der Waals surface area (Å²) in [5.41, 5.74) is 0. The second kappa shape index (κ2) is 6.43. The summed E-state index contributed by atoms with van der Waals surface area (Å²) in [6.45, 7) is 2.82. The van der Waals surface area contributed by atoms with Gasteiger partial charge in [0.2, 0.25) is 12.1 Å². The van der Waals surface area contributed by atoms with E-state index in [4.69, 9.17) is 13.9 Å². The van der Waals surface area contributed by atoms with Gasteiger partial charge in [-0.3, -0.25) is 14.4 Å². The van der Waals surface area contributed by atoms with Crippen molar-refractivity contribution in [3.63, 3.8) is 0 Å². The van der Waals surface area contributed by atoms with E-state index < -0.39 is 24.3 Å². The minimum Gasteiger partial charge on any atom is -0.469 e. The third-order valence-corrected chi connectivity index (χ3v) is 3.10. The Balaban J connectivity index is 2.06. The van der Waals surface area contributed by atoms with Crippen LogP contribution in [0.15, 0.2) is 22.8 Å². The number of carbonyl (C=O) groups excluding carboxylic acids is 3. The second-order valence-electron chi connectivity index (χ2n) is 4.77. The van der Waals surface area contributed by atoms with E-state index in [1.165, 1.54) is 18.7 Å². The van der Waals surface area contributed by atoms with Gasteiger partial charge in [0.05, 0.1) is 12.7 Å². The number of hydrogen-bond acceptors (Lipinski definition) is 6. The van der Waals surface area contributed by atoms with Crippen LogP contribution >= 0.6 is 0 Å². The van der Waals surface area contributed by atoms with Crippen molar-refractivity contribution in [2.45, 2.75) is 39.0 Å². The van der Waals surface area contributed by atoms with Crippen LogP contribution in [0, 0.1) is 0 Å². The highest BCUT2D eigenvalue weighted by molar-refractivity contribution is 5.81. The lowest BCUT2D eigenvalue weighted by Crippen LogP contribution is -2.42. The minimum absolute atomic E-state index is 0.00960. The Hall–Kier alpha value is -2.31. The maximum Gasteiger partial charge on any atom is 0.304 e. The highest BCUT2D eigenvalue weighted by Crippen LogP contribution is 2.24. The van der Waals surface area contributed by atoms with Crippen LogP contribution in [0.1, 0.15) is 26.0 Å². The Bertz CT molecular complexity index is 524. The number of ether oxygens (including phenoxy) is 2. The van der Waals surface area contributed by atoms with Gasteiger partial charge in [0.15, 0.2) is 6.10 Å². The van der Waals surface area contributed by atoms with Crippen LogP contribution in [0.2, 0.25) is 0 Å². The molecule has 0 spiro atoms. The van der Waals surface area contributed by atoms with Crippen LogP contribution in [-0.2, 0) is 30.3 Å². The van der Waals surface area contributed by atoms with Crippen molar-refractivity contribution in [1.29, 1.82) is 0 Å². The first-order valence-corrected chi connectivity index (χ1v) is 6.63. The first-order valence-electron chi connectivity index (χ1n) is 6.63. The van der Waals surface area contributed by atoms with Crippen molar-refractivity contribution in [2.75, 3.05) is 6.54 Å². The molecule has 7 heteroatoms. The van der Waals surface area contributed by atoms with Gasteiger partial charge in [-0.1, -0.05) is 0 Å². The van der Waals surface area contributed by atoms with E-state index in [1.807, 2.05) is 0 Å². The van der Waals surface area contributed by atoms with Crippen molar-refractivity contribution >= 4 is 17.8 Å². The van der Waals surface area contributed by atoms with Gasteiger partial charge in [0.1, 0.15) is 5.76 Å². The van der Waals surface area contributed by atoms with E-state index in [0.29, 0.717) is 13.0 Å². The SMILES string of the molecule is CC(=O)O[C@H]1CC(=O)N(CCc2ccco2)[C@@H]1OC(C)=O. The van der Waals surface area contributed by atoms with Gasteiger partial charge >= 0.3 is 11.9 Å². The molecule has 0 unspecified atom stereocenters. The molecule has 1 aliphatic heterocycles. The molecule has 1 fully saturated rings. The first-order chi connectivity index (χ1) is 9.97. The number of amides is 1. The molecule has 7 nitrogen and oxygen atoms in total. The topological polar surface area (TPSA) is 86.1 Å². The van der Waals surface area contributed by atoms with Gasteiger partial charge in [0.25, 0.3) is 0 Å². The fourth-order valence-electron chi connectivity index (χ4n) is 2.29. The van der Waals surface area contributed by atoms with Crippen molar-refractivity contribution in [2.24, 2.45) is 0 Å². The van der Waals surface area contributed by atoms with Crippen LogP contribution in [0.4, 0.5) is 0 Å². The highest BCUT2D eigenvalue weighted by atomic mass is 16.6. The van der Waals surface area contributed by atoms with E-state index in [9.17, 15) is 14.4 Å². The summed E-state index contributed by atoms with van der Waals surface area (Å²) in [6.07, 6.45) is 0.398. The molecular weight excluding hydrogens is 278 g/mol. The van der Waals surface area contributed by atoms with Crippen LogP contribution in [0.5, 0.6) is 0 Å². The summed E-state index contributed by atoms with van der Waals surface area (Å²) >= 11 is 0. The molecule has 0 N–H and O–H groups in total. The summed E-state index contributed by atoms with van der Waals surface area (Å²) in [6, 6.07) is 3.55. The van der Waals surface area contributed by atoms with E-state index in [-0.39, 0.29) is 12.3 Å². The molecule has 1 amide bonds. The summed E-state index contributed by atoms with van der Waals surface area (Å²) in [7, 11) is 0. The lowest BCUT2D eigenvalue weighted by molar-refractivity contribution is -0.173. The van der Waals surface area contributed by atoms with Crippen LogP contribution in [0.25, 0.3) is 0 Å². The monoisotopic (exact) mass is 295 g/mol. The van der Waals surface area contributed by atoms with Gasteiger partial charge in [-0.05, 0) is 12.1 Å². The maximum absolute atomic E-state index is 12.0. The zero-order chi connectivity index (χ0) is 15.4. The second-order valence-corrected chi connectivity index (χ2v) is 4.77. The minimum atomic E-state index is -0.881. The highest BCUT2D eigenvalue weighted by Gasteiger charge is 2.44. The fraction of sp³-hybridized carbons (Fsp3) is 0.500. The van der Waals surface area contributed by atoms with E-state index in [2.05, 4.69) is 0 Å². The Kier molecular flexibility index (Phi) is 4.62. The lowest BCUT2D eigenvalue weighted by atomic mass is 10.3. The van der Waals surface area contributed by atoms with Gasteiger partial charge in [-0.25, -0.2) is 0 Å². The van der Waals surface area contributed by atoms with Crippen molar-refractivity contribution in [3.8, 4) is 0 Å². The van der Waals surface area contributed by atoms with Crippen LogP contribution in [-0.4, -0.2) is 41.6 Å². The molecule has 0 aliphatic carbocycles. The first kappa shape index (κ1) is 15.1. The van der Waals surface area contributed by atoms with Gasteiger partial charge in [0, 0.05) is 26.8 Å². The summed E-state index contributed by atoms with van der Waals surface area (Å²) < 4.78 is 15.4. The van der Waals surface area contributed by atoms with Gasteiger partial charge in [-0.2, -0.15) is 0 Å². The van der Waals surface area contributed by atoms with Crippen LogP contribution < -0.4 is 0 Å². The maximum atomic E-state index is 12.0. The normalized spacial score (nSPS) is 21.4. The third kappa shape index (κ3) is 3.84. The molecule has 114 valence electrons. The van der Waals surface area contributed by atoms with Gasteiger partial charge in [-0.15, -0.1) is 0 Å². The number of furan rings is 1. The Morgan fingerprint density at radius 1 is 1.33 bits per heavy atom. The Morgan fingerprint density at radius 3 is 2.62 bits per heavy atom. The molecule has 2 heterocycles. The molecular formula is C14H17NO6. The standard InChI is InChI=1S/C14H17NO6/c1-9(16)20-12-8-13(18)15(14(12)21-10(2)17)6-5-11-4-3-7-19-11/h3-4,7,12,14H,5-6,8H2,1-2H3/t12-,14+/m0/s1. The Morgan fingerprint density at radius 2 is 2.05 bits per heavy atom. The molecule has 1 aromatic heterocycles. The molecule has 0 saturated carbocycles. The van der Waals surface area contributed by atoms with E-state index >= 15 is 0 Å². The summed E-state index contributed by atoms with van der Waals surface area (Å²) in [4.78, 5) is 35.7. The quantitative estimate of drug-likeness (QED) is 0.749. The Labute approximate surface area is 121 Å². The average molecular weight is 295 g/mol. The molecule has 2 rings (SSSR count). The number of carbonyl (C=O) groups is 3. The molecule has 1 aromatic rings. The summed E-state index contributed by atoms with van der Waals surface area (Å²) in [5.74, 6) is -0.549. The third-order valence-electron chi connectivity index (χ3n) is 3.10. The number of hydrogen-bond donors (Lipinski definition) is 0. The van der Waals surface area contributed by atoms with Crippen molar-refractivity contribution < 1.29 is 28.3 Å². The van der Waals surface area contributed by atoms with Crippen molar-refractivity contribution in [3.05, 3.63) is 24.2 Å². The molecule has 21 heavy (non-hydrogen) atoms.